The number of halogens is 2. The van der Waals surface area contributed by atoms with Crippen LogP contribution in [-0.4, -0.2) is 34.9 Å². The van der Waals surface area contributed by atoms with Gasteiger partial charge in [0, 0.05) is 21.1 Å². The van der Waals surface area contributed by atoms with E-state index in [1.54, 1.807) is 12.1 Å². The highest BCUT2D eigenvalue weighted by molar-refractivity contribution is 14.1. The van der Waals surface area contributed by atoms with Gasteiger partial charge in [-0.3, -0.25) is 0 Å². The van der Waals surface area contributed by atoms with Gasteiger partial charge in [0.2, 0.25) is 0 Å². The number of anilines is 1. The van der Waals surface area contributed by atoms with Crippen molar-refractivity contribution in [3.05, 3.63) is 26.2 Å². The minimum Gasteiger partial charge on any atom is -0.480 e. The van der Waals surface area contributed by atoms with Gasteiger partial charge < -0.3 is 20.8 Å². The lowest BCUT2D eigenvalue weighted by Crippen LogP contribution is -2.43. The van der Waals surface area contributed by atoms with Crippen molar-refractivity contribution < 1.29 is 19.8 Å². The van der Waals surface area contributed by atoms with E-state index in [-0.39, 0.29) is 13.0 Å². The van der Waals surface area contributed by atoms with E-state index in [1.165, 1.54) is 0 Å². The number of aliphatic hydroxyl groups excluding tert-OH is 1. The van der Waals surface area contributed by atoms with Crippen molar-refractivity contribution in [1.82, 2.24) is 5.32 Å². The zero-order valence-electron chi connectivity index (χ0n) is 9.69. The number of aliphatic carboxylic acids is 1. The van der Waals surface area contributed by atoms with Crippen LogP contribution in [0.15, 0.2) is 22.7 Å². The van der Waals surface area contributed by atoms with Crippen LogP contribution >= 0.6 is 38.5 Å². The molecule has 0 aliphatic heterocycles. The molecule has 0 bridgehead atoms. The van der Waals surface area contributed by atoms with Gasteiger partial charge in [-0.2, -0.15) is 0 Å². The second-order valence-corrected chi connectivity index (χ2v) is 5.73. The molecule has 0 aliphatic carbocycles. The van der Waals surface area contributed by atoms with Crippen molar-refractivity contribution in [1.29, 1.82) is 0 Å². The zero-order valence-corrected chi connectivity index (χ0v) is 13.4. The van der Waals surface area contributed by atoms with Crippen LogP contribution in [0.2, 0.25) is 0 Å². The summed E-state index contributed by atoms with van der Waals surface area (Å²) in [6, 6.07) is 3.63. The molecule has 1 rings (SSSR count). The Balaban J connectivity index is 2.68. The Morgan fingerprint density at radius 2 is 2.11 bits per heavy atom. The number of carbonyl (C=O) groups is 2. The Labute approximate surface area is 131 Å². The van der Waals surface area contributed by atoms with Crippen molar-refractivity contribution in [3.63, 3.8) is 0 Å². The molecule has 0 aromatic heterocycles. The highest BCUT2D eigenvalue weighted by atomic mass is 127. The van der Waals surface area contributed by atoms with Crippen molar-refractivity contribution >= 4 is 56.2 Å². The zero-order chi connectivity index (χ0) is 14.4. The fourth-order valence-electron chi connectivity index (χ4n) is 1.30. The molecule has 4 N–H and O–H groups in total. The number of hydrogen-bond acceptors (Lipinski definition) is 3. The monoisotopic (exact) mass is 442 g/mol. The van der Waals surface area contributed by atoms with Gasteiger partial charge in [0.25, 0.3) is 0 Å². The van der Waals surface area contributed by atoms with E-state index < -0.39 is 18.0 Å². The van der Waals surface area contributed by atoms with Crippen molar-refractivity contribution in [2.45, 2.75) is 12.5 Å². The minimum absolute atomic E-state index is 0.0454. The largest absolute Gasteiger partial charge is 0.480 e. The molecule has 0 saturated heterocycles. The van der Waals surface area contributed by atoms with Crippen molar-refractivity contribution in [3.8, 4) is 0 Å². The summed E-state index contributed by atoms with van der Waals surface area (Å²) >= 11 is 5.38. The van der Waals surface area contributed by atoms with Crippen LogP contribution in [0.4, 0.5) is 10.5 Å². The van der Waals surface area contributed by atoms with Crippen LogP contribution < -0.4 is 10.6 Å². The van der Waals surface area contributed by atoms with Gasteiger partial charge in [0.1, 0.15) is 6.04 Å². The van der Waals surface area contributed by atoms with Crippen LogP contribution in [0, 0.1) is 3.57 Å². The predicted octanol–water partition coefficient (Wildman–Crippen LogP) is 2.01. The molecule has 2 amide bonds. The maximum Gasteiger partial charge on any atom is 0.326 e. The Bertz CT molecular complexity index is 484. The van der Waals surface area contributed by atoms with Gasteiger partial charge in [0.15, 0.2) is 0 Å². The predicted molar refractivity (Wildman–Crippen MR) is 82.1 cm³/mol. The maximum absolute atomic E-state index is 11.7. The first-order valence-corrected chi connectivity index (χ1v) is 7.17. The average Bonchev–Trinajstić information content (AvgIpc) is 2.33. The molecule has 1 aromatic carbocycles. The van der Waals surface area contributed by atoms with E-state index in [4.69, 9.17) is 10.2 Å². The molecule has 0 radical (unpaired) electrons. The Kier molecular flexibility index (Phi) is 6.52. The number of hydrogen-bond donors (Lipinski definition) is 4. The second-order valence-electron chi connectivity index (χ2n) is 3.63. The van der Waals surface area contributed by atoms with Crippen LogP contribution in [0.3, 0.4) is 0 Å². The maximum atomic E-state index is 11.7. The van der Waals surface area contributed by atoms with Crippen LogP contribution in [0.25, 0.3) is 0 Å². The van der Waals surface area contributed by atoms with Crippen LogP contribution in [0.5, 0.6) is 0 Å². The lowest BCUT2D eigenvalue weighted by atomic mass is 10.2. The topological polar surface area (TPSA) is 98.7 Å². The third-order valence-electron chi connectivity index (χ3n) is 2.20. The Morgan fingerprint density at radius 1 is 1.42 bits per heavy atom. The number of rotatable bonds is 5. The lowest BCUT2D eigenvalue weighted by molar-refractivity contribution is -0.139. The highest BCUT2D eigenvalue weighted by Gasteiger charge is 2.19. The summed E-state index contributed by atoms with van der Waals surface area (Å²) in [6.45, 7) is -0.315. The van der Waals surface area contributed by atoms with Gasteiger partial charge in [-0.15, -0.1) is 0 Å². The fourth-order valence-corrected chi connectivity index (χ4v) is 2.13. The molecule has 6 nitrogen and oxygen atoms in total. The van der Waals surface area contributed by atoms with Crippen LogP contribution in [-0.2, 0) is 4.79 Å². The number of carboxylic acid groups (broad SMARTS) is 1. The first-order chi connectivity index (χ1) is 8.93. The molecular weight excluding hydrogens is 431 g/mol. The lowest BCUT2D eigenvalue weighted by Gasteiger charge is -2.14. The first kappa shape index (κ1) is 16.2. The quantitative estimate of drug-likeness (QED) is 0.524. The molecule has 0 fully saturated rings. The molecule has 0 heterocycles. The number of aliphatic hydroxyl groups is 1. The number of carboxylic acids is 1. The summed E-state index contributed by atoms with van der Waals surface area (Å²) in [4.78, 5) is 22.5. The third-order valence-corrected chi connectivity index (χ3v) is 3.56. The van der Waals surface area contributed by atoms with Crippen molar-refractivity contribution in [2.75, 3.05) is 11.9 Å². The molecule has 0 aliphatic rings. The fraction of sp³-hybridized carbons (Fsp3) is 0.273. The highest BCUT2D eigenvalue weighted by Crippen LogP contribution is 2.24. The molecule has 0 saturated carbocycles. The van der Waals surface area contributed by atoms with E-state index in [9.17, 15) is 9.59 Å². The van der Waals surface area contributed by atoms with Gasteiger partial charge >= 0.3 is 12.0 Å². The summed E-state index contributed by atoms with van der Waals surface area (Å²) in [5, 5.41) is 22.4. The average molecular weight is 443 g/mol. The Morgan fingerprint density at radius 3 is 2.68 bits per heavy atom. The van der Waals surface area contributed by atoms with E-state index in [2.05, 4.69) is 49.2 Å². The SMILES string of the molecule is O=C(Nc1cc(I)ccc1Br)N[C@@H](CCO)C(=O)O. The summed E-state index contributed by atoms with van der Waals surface area (Å²) in [7, 11) is 0. The van der Waals surface area contributed by atoms with Crippen LogP contribution in [0.1, 0.15) is 6.42 Å². The smallest absolute Gasteiger partial charge is 0.326 e. The molecular formula is C11H12BrIN2O4. The molecule has 19 heavy (non-hydrogen) atoms. The summed E-state index contributed by atoms with van der Waals surface area (Å²) in [6.07, 6.45) is -0.0454. The van der Waals surface area contributed by atoms with Gasteiger partial charge in [-0.05, 0) is 56.7 Å². The number of benzene rings is 1. The normalized spacial score (nSPS) is 11.7. The minimum atomic E-state index is -1.19. The van der Waals surface area contributed by atoms with Crippen molar-refractivity contribution in [2.24, 2.45) is 0 Å². The van der Waals surface area contributed by atoms with E-state index in [1.807, 2.05) is 6.07 Å². The molecule has 1 aromatic rings. The second kappa shape index (κ2) is 7.65. The molecule has 8 heteroatoms. The standard InChI is InChI=1S/C11H12BrIN2O4/c12-7-2-1-6(13)5-9(7)15-11(19)14-8(3-4-16)10(17)18/h1-2,5,8,16H,3-4H2,(H,17,18)(H2,14,15,19)/t8-/m0/s1. The van der Waals surface area contributed by atoms with Gasteiger partial charge in [0.05, 0.1) is 5.69 Å². The summed E-state index contributed by atoms with van der Waals surface area (Å²) in [5.74, 6) is -1.19. The molecule has 1 atom stereocenters. The molecule has 0 unspecified atom stereocenters. The van der Waals surface area contributed by atoms with E-state index >= 15 is 0 Å². The summed E-state index contributed by atoms with van der Waals surface area (Å²) in [5.41, 5.74) is 0.539. The van der Waals surface area contributed by atoms with E-state index in [0.717, 1.165) is 3.57 Å². The third kappa shape index (κ3) is 5.33. The number of nitrogens with one attached hydrogen (secondary N) is 2. The molecule has 104 valence electrons. The Hall–Kier alpha value is -0.870. The van der Waals surface area contributed by atoms with Gasteiger partial charge in [-0.1, -0.05) is 0 Å². The van der Waals surface area contributed by atoms with E-state index in [0.29, 0.717) is 10.2 Å². The first-order valence-electron chi connectivity index (χ1n) is 5.30. The summed E-state index contributed by atoms with van der Waals surface area (Å²) < 4.78 is 1.62. The van der Waals surface area contributed by atoms with Gasteiger partial charge in [-0.25, -0.2) is 9.59 Å². The number of urea groups is 1. The molecule has 0 spiro atoms. The number of carbonyl (C=O) groups excluding carboxylic acids is 1. The number of amides is 2.